The zero-order chi connectivity index (χ0) is 61.8. The molecule has 26 nitrogen and oxygen atoms in total. The summed E-state index contributed by atoms with van der Waals surface area (Å²) in [6.45, 7) is 11.0. The minimum absolute atomic E-state index is 0.0342. The molecule has 0 spiro atoms. The van der Waals surface area contributed by atoms with Crippen LogP contribution in [0.25, 0.3) is 0 Å². The highest BCUT2D eigenvalue weighted by Crippen LogP contribution is 2.26. The molecule has 0 unspecified atom stereocenters. The summed E-state index contributed by atoms with van der Waals surface area (Å²) in [5.74, 6) is -11.0. The van der Waals surface area contributed by atoms with Crippen LogP contribution < -0.4 is 63.4 Å². The molecule has 0 saturated heterocycles. The van der Waals surface area contributed by atoms with E-state index in [-0.39, 0.29) is 48.4 Å². The number of ether oxygens (including phenoxy) is 1. The number of aliphatic hydroxyl groups is 1. The summed E-state index contributed by atoms with van der Waals surface area (Å²) < 4.78 is 6.21. The third-order valence-electron chi connectivity index (χ3n) is 13.3. The Kier molecular flexibility index (Phi) is 31.7. The van der Waals surface area contributed by atoms with Crippen LogP contribution >= 0.6 is 35.3 Å². The van der Waals surface area contributed by atoms with Crippen molar-refractivity contribution in [1.29, 1.82) is 0 Å². The fourth-order valence-electron chi connectivity index (χ4n) is 8.37. The van der Waals surface area contributed by atoms with E-state index in [4.69, 9.17) is 15.3 Å². The minimum Gasteiger partial charge on any atom is -0.550 e. The van der Waals surface area contributed by atoms with Crippen LogP contribution in [0.4, 0.5) is 0 Å². The Hall–Kier alpha value is -6.33. The van der Waals surface area contributed by atoms with E-state index in [0.717, 1.165) is 30.2 Å². The second-order valence-corrected chi connectivity index (χ2v) is 24.2. The maximum absolute atomic E-state index is 14.5. The lowest BCUT2D eigenvalue weighted by Gasteiger charge is -2.30. The number of benzene rings is 1. The number of nitrogens with two attached hydrogens (primary N) is 1. The van der Waals surface area contributed by atoms with Gasteiger partial charge in [0, 0.05) is 35.4 Å². The standard InChI is InChI=1S/C54H85N11O15S3/c1-9-31(6)45-54(78)61-39(24-66)51(75)62-40(46(55)70)27-82-25-33-19-34-21-35(20-33)79-15-12-10-11-13-16-80-56-23-42(67)57-32(7)47(71)63-41(28-83-26-34)52(76)58-36(14-17-81-8)48(72)59-37(18-29(2)3)49(73)60-38(22-43(68)69)50(74)64-44(30(4)5)53(77)65-45/h19-21,23,29-32,36-41,44-45,66H,9-18,22,24-28H2,1-8H3,(H2,55,70)(H,57,67)(H,58,76)(H,59,72)(H,60,73)(H,61,78)(H,62,75)(H,63,71)(H,64,74)(H,65,77)(H,68,69)/p-1/b56-23+/t31-,32-,36-,37-,38-,39-,40-,41-,44-,45-/m0/s1. The molecule has 464 valence electrons. The predicted molar refractivity (Wildman–Crippen MR) is 313 cm³/mol. The lowest BCUT2D eigenvalue weighted by molar-refractivity contribution is -0.306. The summed E-state index contributed by atoms with van der Waals surface area (Å²) in [4.78, 5) is 155. The van der Waals surface area contributed by atoms with Crippen molar-refractivity contribution in [3.8, 4) is 5.75 Å². The Balaban J connectivity index is 2.20. The number of aliphatic carboxylic acids is 1. The van der Waals surface area contributed by atoms with E-state index < -0.39 is 144 Å². The molecule has 0 saturated carbocycles. The normalized spacial score (nSPS) is 26.3. The summed E-state index contributed by atoms with van der Waals surface area (Å²) in [6, 6.07) is -7.35. The molecule has 0 aliphatic carbocycles. The van der Waals surface area contributed by atoms with Gasteiger partial charge in [0.1, 0.15) is 72.9 Å². The van der Waals surface area contributed by atoms with Gasteiger partial charge in [-0.2, -0.15) is 35.3 Å². The second-order valence-electron chi connectivity index (χ2n) is 21.1. The largest absolute Gasteiger partial charge is 0.550 e. The van der Waals surface area contributed by atoms with Gasteiger partial charge in [-0.15, -0.1) is 0 Å². The van der Waals surface area contributed by atoms with Crippen molar-refractivity contribution in [2.45, 2.75) is 166 Å². The van der Waals surface area contributed by atoms with Crippen molar-refractivity contribution in [3.63, 3.8) is 0 Å². The van der Waals surface area contributed by atoms with Crippen molar-refractivity contribution < 1.29 is 72.5 Å². The highest BCUT2D eigenvalue weighted by Gasteiger charge is 2.37. The number of primary amides is 1. The van der Waals surface area contributed by atoms with Crippen molar-refractivity contribution in [2.24, 2.45) is 28.6 Å². The number of fused-ring (bicyclic) bond motifs is 5. The number of oxime groups is 1. The van der Waals surface area contributed by atoms with Crippen molar-refractivity contribution in [1.82, 2.24) is 47.9 Å². The number of carboxylic acid groups (broad SMARTS) is 1. The first-order valence-corrected chi connectivity index (χ1v) is 31.5. The van der Waals surface area contributed by atoms with E-state index in [0.29, 0.717) is 37.4 Å². The van der Waals surface area contributed by atoms with Gasteiger partial charge in [0.25, 0.3) is 5.91 Å². The van der Waals surface area contributed by atoms with E-state index in [1.54, 1.807) is 47.8 Å². The maximum atomic E-state index is 14.5. The third kappa shape index (κ3) is 25.6. The van der Waals surface area contributed by atoms with E-state index in [9.17, 15) is 63.0 Å². The van der Waals surface area contributed by atoms with Crippen LogP contribution in [-0.2, 0) is 69.1 Å². The van der Waals surface area contributed by atoms with Crippen LogP contribution in [0.1, 0.15) is 111 Å². The van der Waals surface area contributed by atoms with Gasteiger partial charge in [-0.3, -0.25) is 47.9 Å². The van der Waals surface area contributed by atoms with Crippen molar-refractivity contribution in [3.05, 3.63) is 29.3 Å². The van der Waals surface area contributed by atoms with Crippen molar-refractivity contribution in [2.75, 3.05) is 43.3 Å². The molecule has 2 aliphatic rings. The molecule has 2 heterocycles. The lowest BCUT2D eigenvalue weighted by atomic mass is 9.96. The van der Waals surface area contributed by atoms with Crippen LogP contribution in [0.2, 0.25) is 0 Å². The molecule has 0 aromatic heterocycles. The number of hydrogen-bond donors (Lipinski definition) is 11. The first-order valence-electron chi connectivity index (χ1n) is 27.8. The molecule has 0 fully saturated rings. The average molecular weight is 1220 g/mol. The molecule has 83 heavy (non-hydrogen) atoms. The Morgan fingerprint density at radius 2 is 1.27 bits per heavy atom. The summed E-state index contributed by atoms with van der Waals surface area (Å²) >= 11 is 3.84. The van der Waals surface area contributed by atoms with E-state index in [1.165, 1.54) is 42.2 Å². The molecule has 12 N–H and O–H groups in total. The summed E-state index contributed by atoms with van der Waals surface area (Å²) in [6.07, 6.45) is 4.79. The number of carboxylic acids is 1. The first kappa shape index (κ1) is 70.9. The molecule has 1 aromatic carbocycles. The van der Waals surface area contributed by atoms with Gasteiger partial charge in [0.2, 0.25) is 53.2 Å². The van der Waals surface area contributed by atoms with Crippen LogP contribution in [0.5, 0.6) is 5.75 Å². The highest BCUT2D eigenvalue weighted by molar-refractivity contribution is 7.99. The topological polar surface area (TPSA) is 396 Å². The third-order valence-corrected chi connectivity index (χ3v) is 16.1. The molecule has 2 aliphatic heterocycles. The predicted octanol–water partition coefficient (Wildman–Crippen LogP) is -1.38. The van der Waals surface area contributed by atoms with Crippen LogP contribution in [0, 0.1) is 17.8 Å². The Labute approximate surface area is 497 Å². The average Bonchev–Trinajstić information content (AvgIpc) is 3.60. The minimum atomic E-state index is -1.87. The van der Waals surface area contributed by atoms with Gasteiger partial charge in [-0.25, -0.2) is 0 Å². The van der Waals surface area contributed by atoms with Gasteiger partial charge in [-0.05, 0) is 98.5 Å². The highest BCUT2D eigenvalue weighted by atomic mass is 32.2. The SMILES string of the molecule is CC[C@H](C)[C@@H]1NC(=O)[C@H](C(C)C)NC(=O)[C@H](CC(=O)[O-])NC(=O)[C@H](CC(C)C)NC(=O)[C@H](CCSC)NC(=O)[C@@H]2CSCc3cc(cc(c3)OCCCCCCO/N=C/C(=O)N[C@@H](C)C(=O)N2)CSC[C@@H](C(N)=O)NC(=O)[C@H](CO)NC1=O. The van der Waals surface area contributed by atoms with Gasteiger partial charge < -0.3 is 78.2 Å². The van der Waals surface area contributed by atoms with Crippen LogP contribution in [0.15, 0.2) is 23.4 Å². The number of carbonyl (C=O) groups excluding carboxylic acids is 11. The molecule has 10 amide bonds. The fourth-order valence-corrected chi connectivity index (χ4v) is 10.8. The zero-order valence-electron chi connectivity index (χ0n) is 48.5. The summed E-state index contributed by atoms with van der Waals surface area (Å²) in [7, 11) is 0. The number of amides is 10. The van der Waals surface area contributed by atoms with Gasteiger partial charge >= 0.3 is 0 Å². The molecule has 0 radical (unpaired) electrons. The van der Waals surface area contributed by atoms with Gasteiger partial charge in [0.15, 0.2) is 0 Å². The second kappa shape index (κ2) is 37.1. The molecular formula is C54H84N11O15S3-. The summed E-state index contributed by atoms with van der Waals surface area (Å²) in [5.41, 5.74) is 7.24. The van der Waals surface area contributed by atoms with E-state index >= 15 is 0 Å². The number of nitrogens with zero attached hydrogens (tertiary/aromatic N) is 1. The molecule has 1 aromatic rings. The fraction of sp³-hybridized carbons (Fsp3) is 0.667. The number of hydrogen-bond acceptors (Lipinski definition) is 19. The van der Waals surface area contributed by atoms with Gasteiger partial charge in [-0.1, -0.05) is 59.2 Å². The van der Waals surface area contributed by atoms with Gasteiger partial charge in [0.05, 0.1) is 13.2 Å². The monoisotopic (exact) mass is 1220 g/mol. The maximum Gasteiger partial charge on any atom is 0.266 e. The quantitative estimate of drug-likeness (QED) is 0.115. The van der Waals surface area contributed by atoms with Crippen LogP contribution in [-0.4, -0.2) is 174 Å². The Morgan fingerprint density at radius 1 is 0.699 bits per heavy atom. The number of carbonyl (C=O) groups is 11. The molecule has 4 bridgehead atoms. The molecule has 3 rings (SSSR count). The molecule has 29 heteroatoms. The number of thioether (sulfide) groups is 3. The first-order chi connectivity index (χ1) is 39.4. The summed E-state index contributed by atoms with van der Waals surface area (Å²) in [5, 5.41) is 49.2. The Bertz CT molecular complexity index is 2420. The zero-order valence-corrected chi connectivity index (χ0v) is 50.9. The van der Waals surface area contributed by atoms with E-state index in [1.807, 2.05) is 18.2 Å². The number of rotatable bonds is 12. The Morgan fingerprint density at radius 3 is 1.87 bits per heavy atom. The van der Waals surface area contributed by atoms with Crippen LogP contribution in [0.3, 0.4) is 0 Å². The number of aliphatic hydroxyl groups excluding tert-OH is 1. The van der Waals surface area contributed by atoms with Crippen molar-refractivity contribution >= 4 is 107 Å². The lowest BCUT2D eigenvalue weighted by Crippen LogP contribution is -2.62. The molecule has 10 atom stereocenters. The van der Waals surface area contributed by atoms with E-state index in [2.05, 4.69) is 53.0 Å². The number of nitrogens with one attached hydrogen (secondary N) is 9. The molecular weight excluding hydrogens is 1140 g/mol. The smallest absolute Gasteiger partial charge is 0.266 e.